The van der Waals surface area contributed by atoms with Crippen molar-refractivity contribution in [3.63, 3.8) is 0 Å². The van der Waals surface area contributed by atoms with E-state index in [1.807, 2.05) is 25.2 Å². The molecule has 24 heavy (non-hydrogen) atoms. The maximum atomic E-state index is 12.3. The first-order chi connectivity index (χ1) is 11.6. The van der Waals surface area contributed by atoms with Crippen molar-refractivity contribution in [2.75, 3.05) is 32.8 Å². The third kappa shape index (κ3) is 2.73. The zero-order chi connectivity index (χ0) is 17.3. The molecule has 0 amide bonds. The summed E-state index contributed by atoms with van der Waals surface area (Å²) in [6.45, 7) is 0.890. The van der Waals surface area contributed by atoms with Crippen LogP contribution in [0.4, 0.5) is 5.69 Å². The van der Waals surface area contributed by atoms with Gasteiger partial charge in [0.25, 0.3) is 0 Å². The van der Waals surface area contributed by atoms with E-state index in [1.54, 1.807) is 7.11 Å². The number of methoxy groups -OCH3 is 2. The molecule has 130 valence electrons. The Labute approximate surface area is 141 Å². The largest absolute Gasteiger partial charge is 0.497 e. The number of piperidine rings is 1. The molecule has 0 bridgehead atoms. The number of ether oxygens (including phenoxy) is 2. The van der Waals surface area contributed by atoms with Crippen LogP contribution in [0.1, 0.15) is 18.4 Å². The Hall–Kier alpha value is -2.15. The van der Waals surface area contributed by atoms with E-state index in [9.17, 15) is 9.70 Å². The molecule has 0 aromatic heterocycles. The number of carbonyl (C=O) groups excluding carboxylic acids is 1. The summed E-state index contributed by atoms with van der Waals surface area (Å²) in [5, 5.41) is 4.77. The smallest absolute Gasteiger partial charge is 0.310 e. The van der Waals surface area contributed by atoms with Gasteiger partial charge in [0.05, 0.1) is 37.2 Å². The standard InChI is InChI=1S/C17H23N3O4/c1-19-8-4-5-13(17(21)24-3)16(19)15-10-11-9-12(23-2)6-7-14(11)20(15)18-22/h6-7,9,13,15-16H,4-5,8,10H2,1-3H3. The van der Waals surface area contributed by atoms with Gasteiger partial charge in [-0.05, 0) is 56.6 Å². The quantitative estimate of drug-likeness (QED) is 0.620. The Morgan fingerprint density at radius 1 is 1.33 bits per heavy atom. The normalized spacial score (nSPS) is 26.8. The number of rotatable bonds is 4. The van der Waals surface area contributed by atoms with Crippen LogP contribution in [0, 0.1) is 10.8 Å². The van der Waals surface area contributed by atoms with Gasteiger partial charge in [0.15, 0.2) is 0 Å². The summed E-state index contributed by atoms with van der Waals surface area (Å²) in [6, 6.07) is 5.32. The number of likely N-dealkylation sites (N-methyl/N-ethyl adjacent to an activating group) is 1. The molecule has 0 radical (unpaired) electrons. The molecule has 0 spiro atoms. The van der Waals surface area contributed by atoms with Crippen LogP contribution in [-0.4, -0.2) is 50.8 Å². The van der Waals surface area contributed by atoms with E-state index >= 15 is 0 Å². The summed E-state index contributed by atoms with van der Waals surface area (Å²) in [7, 11) is 5.02. The fourth-order valence-electron chi connectivity index (χ4n) is 4.09. The van der Waals surface area contributed by atoms with Crippen molar-refractivity contribution in [3.8, 4) is 5.75 Å². The number of carbonyl (C=O) groups is 1. The minimum absolute atomic E-state index is 0.109. The van der Waals surface area contributed by atoms with Crippen molar-refractivity contribution in [1.82, 2.24) is 4.90 Å². The molecule has 7 nitrogen and oxygen atoms in total. The summed E-state index contributed by atoms with van der Waals surface area (Å²) in [6.07, 6.45) is 2.36. The Bertz CT molecular complexity index is 636. The summed E-state index contributed by atoms with van der Waals surface area (Å²) in [5.41, 5.74) is 1.81. The lowest BCUT2D eigenvalue weighted by molar-refractivity contribution is -0.150. The van der Waals surface area contributed by atoms with E-state index in [0.717, 1.165) is 36.4 Å². The molecule has 3 unspecified atom stereocenters. The second-order valence-corrected chi connectivity index (χ2v) is 6.44. The van der Waals surface area contributed by atoms with Crippen LogP contribution < -0.4 is 9.75 Å². The summed E-state index contributed by atoms with van der Waals surface area (Å²) in [4.78, 5) is 25.9. The molecule has 2 aliphatic heterocycles. The fraction of sp³-hybridized carbons (Fsp3) is 0.588. The second-order valence-electron chi connectivity index (χ2n) is 6.44. The third-order valence-electron chi connectivity index (χ3n) is 5.21. The summed E-state index contributed by atoms with van der Waals surface area (Å²) < 4.78 is 10.3. The second kappa shape index (κ2) is 6.76. The minimum atomic E-state index is -0.251. The number of nitrogens with zero attached hydrogens (tertiary/aromatic N) is 3. The molecular formula is C17H23N3O4. The Kier molecular flexibility index (Phi) is 4.71. The number of esters is 1. The number of likely N-dealkylation sites (tertiary alicyclic amines) is 1. The van der Waals surface area contributed by atoms with Crippen molar-refractivity contribution in [1.29, 1.82) is 0 Å². The van der Waals surface area contributed by atoms with E-state index in [2.05, 4.69) is 10.2 Å². The first kappa shape index (κ1) is 16.7. The van der Waals surface area contributed by atoms with Crippen LogP contribution in [0.5, 0.6) is 5.75 Å². The number of anilines is 1. The van der Waals surface area contributed by atoms with Gasteiger partial charge >= 0.3 is 5.97 Å². The van der Waals surface area contributed by atoms with Gasteiger partial charge in [0.2, 0.25) is 0 Å². The van der Waals surface area contributed by atoms with Crippen LogP contribution >= 0.6 is 0 Å². The highest BCUT2D eigenvalue weighted by molar-refractivity contribution is 5.74. The maximum absolute atomic E-state index is 12.3. The van der Waals surface area contributed by atoms with E-state index in [0.29, 0.717) is 6.42 Å². The van der Waals surface area contributed by atoms with Gasteiger partial charge < -0.3 is 14.4 Å². The Morgan fingerprint density at radius 2 is 2.12 bits per heavy atom. The molecule has 3 atom stereocenters. The number of benzene rings is 1. The third-order valence-corrected chi connectivity index (χ3v) is 5.21. The molecule has 2 aliphatic rings. The summed E-state index contributed by atoms with van der Waals surface area (Å²) in [5.74, 6) is 0.284. The Morgan fingerprint density at radius 3 is 2.79 bits per heavy atom. The van der Waals surface area contributed by atoms with Crippen molar-refractivity contribution in [2.45, 2.75) is 31.3 Å². The van der Waals surface area contributed by atoms with Crippen LogP contribution in [-0.2, 0) is 16.0 Å². The molecular weight excluding hydrogens is 310 g/mol. The first-order valence-electron chi connectivity index (χ1n) is 8.18. The molecule has 1 saturated heterocycles. The van der Waals surface area contributed by atoms with Crippen LogP contribution in [0.15, 0.2) is 23.5 Å². The van der Waals surface area contributed by atoms with Crippen molar-refractivity contribution < 1.29 is 14.3 Å². The predicted molar refractivity (Wildman–Crippen MR) is 89.9 cm³/mol. The van der Waals surface area contributed by atoms with Crippen LogP contribution in [0.25, 0.3) is 0 Å². The number of hydrogen-bond donors (Lipinski definition) is 0. The number of nitroso groups, excluding NO2 is 1. The molecule has 1 aromatic carbocycles. The van der Waals surface area contributed by atoms with Crippen LogP contribution in [0.3, 0.4) is 0 Å². The number of fused-ring (bicyclic) bond motifs is 1. The van der Waals surface area contributed by atoms with Crippen LogP contribution in [0.2, 0.25) is 0 Å². The van der Waals surface area contributed by atoms with Gasteiger partial charge in [-0.2, -0.15) is 0 Å². The maximum Gasteiger partial charge on any atom is 0.310 e. The number of hydrogen-bond acceptors (Lipinski definition) is 6. The zero-order valence-electron chi connectivity index (χ0n) is 14.3. The lowest BCUT2D eigenvalue weighted by Crippen LogP contribution is -2.56. The fourth-order valence-corrected chi connectivity index (χ4v) is 4.09. The molecule has 0 N–H and O–H groups in total. The van der Waals surface area contributed by atoms with Crippen molar-refractivity contribution in [2.24, 2.45) is 11.2 Å². The van der Waals surface area contributed by atoms with E-state index in [-0.39, 0.29) is 24.0 Å². The zero-order valence-corrected chi connectivity index (χ0v) is 14.3. The van der Waals surface area contributed by atoms with E-state index in [1.165, 1.54) is 12.1 Å². The highest BCUT2D eigenvalue weighted by Crippen LogP contribution is 2.40. The lowest BCUT2D eigenvalue weighted by atomic mass is 9.83. The Balaban J connectivity index is 1.94. The molecule has 0 aliphatic carbocycles. The average molecular weight is 333 g/mol. The van der Waals surface area contributed by atoms with Gasteiger partial charge in [-0.1, -0.05) is 0 Å². The topological polar surface area (TPSA) is 71.4 Å². The first-order valence-corrected chi connectivity index (χ1v) is 8.18. The molecule has 0 saturated carbocycles. The average Bonchev–Trinajstić information content (AvgIpc) is 2.97. The lowest BCUT2D eigenvalue weighted by Gasteiger charge is -2.42. The molecule has 2 heterocycles. The van der Waals surface area contributed by atoms with E-state index < -0.39 is 0 Å². The molecule has 3 rings (SSSR count). The van der Waals surface area contributed by atoms with Gasteiger partial charge in [-0.15, -0.1) is 4.91 Å². The van der Waals surface area contributed by atoms with Gasteiger partial charge in [0.1, 0.15) is 5.75 Å². The van der Waals surface area contributed by atoms with E-state index in [4.69, 9.17) is 9.47 Å². The SMILES string of the molecule is COC(=O)C1CCCN(C)C1C1Cc2cc(OC)ccc2N1N=O. The van der Waals surface area contributed by atoms with Gasteiger partial charge in [-0.3, -0.25) is 4.79 Å². The van der Waals surface area contributed by atoms with Gasteiger partial charge in [0, 0.05) is 6.04 Å². The van der Waals surface area contributed by atoms with Crippen molar-refractivity contribution in [3.05, 3.63) is 28.7 Å². The van der Waals surface area contributed by atoms with Gasteiger partial charge in [-0.25, -0.2) is 5.01 Å². The predicted octanol–water partition coefficient (Wildman–Crippen LogP) is 1.99. The highest BCUT2D eigenvalue weighted by atomic mass is 16.5. The molecule has 7 heteroatoms. The molecule has 1 fully saturated rings. The van der Waals surface area contributed by atoms with Crippen molar-refractivity contribution >= 4 is 11.7 Å². The summed E-state index contributed by atoms with van der Waals surface area (Å²) >= 11 is 0. The monoisotopic (exact) mass is 333 g/mol. The minimum Gasteiger partial charge on any atom is -0.497 e. The molecule has 1 aromatic rings. The highest BCUT2D eigenvalue weighted by Gasteiger charge is 2.46.